The molecule has 2 rings (SSSR count). The molecule has 0 saturated heterocycles. The zero-order valence-electron chi connectivity index (χ0n) is 10.2. The van der Waals surface area contributed by atoms with E-state index in [9.17, 15) is 4.39 Å². The Kier molecular flexibility index (Phi) is 3.71. The number of nitrogens with zero attached hydrogens (tertiary/aromatic N) is 1. The number of benzene rings is 1. The van der Waals surface area contributed by atoms with Crippen LogP contribution in [0.1, 0.15) is 19.4 Å². The molecule has 96 valence electrons. The third-order valence-corrected chi connectivity index (χ3v) is 3.25. The highest BCUT2D eigenvalue weighted by atomic mass is 79.9. The first-order valence-corrected chi connectivity index (χ1v) is 6.48. The van der Waals surface area contributed by atoms with Gasteiger partial charge in [-0.25, -0.2) is 4.39 Å². The second kappa shape index (κ2) is 5.10. The van der Waals surface area contributed by atoms with Gasteiger partial charge in [-0.1, -0.05) is 25.1 Å². The zero-order valence-corrected chi connectivity index (χ0v) is 11.8. The van der Waals surface area contributed by atoms with Gasteiger partial charge in [0.15, 0.2) is 0 Å². The van der Waals surface area contributed by atoms with Gasteiger partial charge in [0.25, 0.3) is 0 Å². The topological polar surface area (TPSA) is 52.0 Å². The van der Waals surface area contributed by atoms with Crippen LogP contribution in [0.5, 0.6) is 0 Å². The second-order valence-corrected chi connectivity index (χ2v) is 5.43. The van der Waals surface area contributed by atoms with Gasteiger partial charge in [-0.15, -0.1) is 0 Å². The molecule has 0 spiro atoms. The predicted octanol–water partition coefficient (Wildman–Crippen LogP) is 4.02. The Morgan fingerprint density at radius 3 is 2.83 bits per heavy atom. The Bertz CT molecular complexity index is 566. The molecule has 0 atom stereocenters. The number of nitrogen functional groups attached to an aromatic ring is 1. The fourth-order valence-corrected chi connectivity index (χ4v) is 2.19. The lowest BCUT2D eigenvalue weighted by Crippen LogP contribution is -1.99. The van der Waals surface area contributed by atoms with Crippen molar-refractivity contribution in [1.29, 1.82) is 0 Å². The molecule has 18 heavy (non-hydrogen) atoms. The second-order valence-electron chi connectivity index (χ2n) is 4.57. The van der Waals surface area contributed by atoms with Gasteiger partial charge in [0.1, 0.15) is 11.5 Å². The largest absolute Gasteiger partial charge is 0.367 e. The molecule has 0 amide bonds. The minimum Gasteiger partial charge on any atom is -0.367 e. The first-order chi connectivity index (χ1) is 8.50. The first kappa shape index (κ1) is 13.1. The molecule has 3 nitrogen and oxygen atoms in total. The van der Waals surface area contributed by atoms with Gasteiger partial charge in [0.05, 0.1) is 4.47 Å². The van der Waals surface area contributed by atoms with E-state index in [4.69, 9.17) is 10.3 Å². The van der Waals surface area contributed by atoms with Crippen LogP contribution in [0.4, 0.5) is 10.3 Å². The fraction of sp³-hybridized carbons (Fsp3) is 0.308. The number of halogens is 2. The van der Waals surface area contributed by atoms with Gasteiger partial charge < -0.3 is 10.3 Å². The molecule has 2 N–H and O–H groups in total. The molecular formula is C13H14BrFN2O. The molecule has 1 aromatic heterocycles. The van der Waals surface area contributed by atoms with E-state index in [0.717, 1.165) is 5.56 Å². The summed E-state index contributed by atoms with van der Waals surface area (Å²) in [6.45, 7) is 4.13. The summed E-state index contributed by atoms with van der Waals surface area (Å²) in [7, 11) is 0. The monoisotopic (exact) mass is 312 g/mol. The van der Waals surface area contributed by atoms with Crippen LogP contribution in [0.2, 0.25) is 0 Å². The standard InChI is InChI=1S/C13H14BrFN2O/c1-7(2)6-9-12(17-18-13(9)16)8-4-3-5-10(14)11(8)15/h3-5,7H,6,16H2,1-2H3. The Labute approximate surface area is 113 Å². The van der Waals surface area contributed by atoms with Crippen molar-refractivity contribution in [3.8, 4) is 11.3 Å². The summed E-state index contributed by atoms with van der Waals surface area (Å²) in [5.41, 5.74) is 7.41. The van der Waals surface area contributed by atoms with Crippen LogP contribution < -0.4 is 5.73 Å². The summed E-state index contributed by atoms with van der Waals surface area (Å²) >= 11 is 3.16. The van der Waals surface area contributed by atoms with Crippen LogP contribution in [0.15, 0.2) is 27.2 Å². The third-order valence-electron chi connectivity index (χ3n) is 2.64. The molecule has 0 aliphatic heterocycles. The predicted molar refractivity (Wildman–Crippen MR) is 72.6 cm³/mol. The number of anilines is 1. The van der Waals surface area contributed by atoms with Crippen LogP contribution in [-0.4, -0.2) is 5.16 Å². The van der Waals surface area contributed by atoms with Gasteiger partial charge in [0, 0.05) is 11.1 Å². The molecule has 1 aromatic carbocycles. The van der Waals surface area contributed by atoms with Crippen molar-refractivity contribution in [1.82, 2.24) is 5.16 Å². The lowest BCUT2D eigenvalue weighted by Gasteiger charge is -2.06. The third kappa shape index (κ3) is 2.41. The number of aromatic nitrogens is 1. The molecule has 0 unspecified atom stereocenters. The van der Waals surface area contributed by atoms with Crippen molar-refractivity contribution in [2.24, 2.45) is 5.92 Å². The normalized spacial score (nSPS) is 11.2. The van der Waals surface area contributed by atoms with Crippen molar-refractivity contribution >= 4 is 21.8 Å². The van der Waals surface area contributed by atoms with Gasteiger partial charge in [-0.05, 0) is 40.4 Å². The highest BCUT2D eigenvalue weighted by molar-refractivity contribution is 9.10. The van der Waals surface area contributed by atoms with E-state index in [2.05, 4.69) is 34.9 Å². The van der Waals surface area contributed by atoms with Gasteiger partial charge in [0.2, 0.25) is 5.88 Å². The van der Waals surface area contributed by atoms with Crippen LogP contribution in [-0.2, 0) is 6.42 Å². The summed E-state index contributed by atoms with van der Waals surface area (Å²) in [5.74, 6) is 0.301. The van der Waals surface area contributed by atoms with Crippen molar-refractivity contribution in [2.45, 2.75) is 20.3 Å². The van der Waals surface area contributed by atoms with E-state index in [0.29, 0.717) is 28.1 Å². The van der Waals surface area contributed by atoms with E-state index in [1.165, 1.54) is 0 Å². The Morgan fingerprint density at radius 2 is 2.17 bits per heavy atom. The molecule has 0 bridgehead atoms. The van der Waals surface area contributed by atoms with Gasteiger partial charge in [-0.2, -0.15) is 0 Å². The van der Waals surface area contributed by atoms with E-state index in [-0.39, 0.29) is 11.7 Å². The number of rotatable bonds is 3. The molecule has 1 heterocycles. The van der Waals surface area contributed by atoms with Crippen LogP contribution in [0.25, 0.3) is 11.3 Å². The van der Waals surface area contributed by atoms with E-state index >= 15 is 0 Å². The maximum absolute atomic E-state index is 14.0. The highest BCUT2D eigenvalue weighted by Gasteiger charge is 2.20. The van der Waals surface area contributed by atoms with E-state index < -0.39 is 0 Å². The molecule has 5 heteroatoms. The molecule has 0 fully saturated rings. The average Bonchev–Trinajstić information content (AvgIpc) is 2.64. The lowest BCUT2D eigenvalue weighted by atomic mass is 9.99. The van der Waals surface area contributed by atoms with Crippen molar-refractivity contribution in [3.05, 3.63) is 34.1 Å². The van der Waals surface area contributed by atoms with Gasteiger partial charge >= 0.3 is 0 Å². The summed E-state index contributed by atoms with van der Waals surface area (Å²) < 4.78 is 19.4. The minimum atomic E-state index is -0.351. The maximum atomic E-state index is 14.0. The van der Waals surface area contributed by atoms with Crippen molar-refractivity contribution < 1.29 is 8.91 Å². The highest BCUT2D eigenvalue weighted by Crippen LogP contribution is 2.33. The molecule has 0 aliphatic rings. The van der Waals surface area contributed by atoms with Crippen LogP contribution >= 0.6 is 15.9 Å². The smallest absolute Gasteiger partial charge is 0.225 e. The SMILES string of the molecule is CC(C)Cc1c(-c2cccc(Br)c2F)noc1N. The summed E-state index contributed by atoms with van der Waals surface area (Å²) in [6.07, 6.45) is 0.705. The number of nitrogens with two attached hydrogens (primary N) is 1. The summed E-state index contributed by atoms with van der Waals surface area (Å²) in [4.78, 5) is 0. The zero-order chi connectivity index (χ0) is 13.3. The van der Waals surface area contributed by atoms with Crippen molar-refractivity contribution in [2.75, 3.05) is 5.73 Å². The Morgan fingerprint density at radius 1 is 1.44 bits per heavy atom. The number of hydrogen-bond donors (Lipinski definition) is 1. The van der Waals surface area contributed by atoms with Crippen LogP contribution in [0, 0.1) is 11.7 Å². The maximum Gasteiger partial charge on any atom is 0.225 e. The van der Waals surface area contributed by atoms with Crippen LogP contribution in [0.3, 0.4) is 0 Å². The Balaban J connectivity index is 2.54. The first-order valence-electron chi connectivity index (χ1n) is 5.69. The average molecular weight is 313 g/mol. The fourth-order valence-electron chi connectivity index (χ4n) is 1.83. The Hall–Kier alpha value is -1.36. The quantitative estimate of drug-likeness (QED) is 0.931. The number of hydrogen-bond acceptors (Lipinski definition) is 3. The molecule has 0 saturated carbocycles. The summed E-state index contributed by atoms with van der Waals surface area (Å²) in [6, 6.07) is 5.07. The molecule has 2 aromatic rings. The van der Waals surface area contributed by atoms with Crippen molar-refractivity contribution in [3.63, 3.8) is 0 Å². The molecular weight excluding hydrogens is 299 g/mol. The van der Waals surface area contributed by atoms with E-state index in [1.54, 1.807) is 18.2 Å². The molecule has 0 aliphatic carbocycles. The van der Waals surface area contributed by atoms with E-state index in [1.807, 2.05) is 0 Å². The van der Waals surface area contributed by atoms with Gasteiger partial charge in [-0.3, -0.25) is 0 Å². The minimum absolute atomic E-state index is 0.262. The summed E-state index contributed by atoms with van der Waals surface area (Å²) in [5, 5.41) is 3.88. The lowest BCUT2D eigenvalue weighted by molar-refractivity contribution is 0.437. The molecule has 0 radical (unpaired) electrons.